The highest BCUT2D eigenvalue weighted by Crippen LogP contribution is 2.35. The van der Waals surface area contributed by atoms with Crippen molar-refractivity contribution in [2.75, 3.05) is 44.4 Å². The molecular formula is C28H32F3N3O4. The fourth-order valence-electron chi connectivity index (χ4n) is 3.77. The van der Waals surface area contributed by atoms with Crippen LogP contribution in [0.4, 0.5) is 23.8 Å². The number of rotatable bonds is 5. The van der Waals surface area contributed by atoms with Crippen molar-refractivity contribution in [3.05, 3.63) is 78.2 Å². The fourth-order valence-corrected chi connectivity index (χ4v) is 3.77. The number of ether oxygens (including phenoxy) is 3. The number of anilines is 1. The number of carbonyl (C=O) groups excluding carboxylic acids is 1. The molecule has 10 heteroatoms. The van der Waals surface area contributed by atoms with E-state index in [1.54, 1.807) is 31.2 Å². The van der Waals surface area contributed by atoms with E-state index in [-0.39, 0.29) is 30.2 Å². The number of benzene rings is 1. The zero-order valence-electron chi connectivity index (χ0n) is 21.8. The molecule has 1 aromatic heterocycles. The lowest BCUT2D eigenvalue weighted by molar-refractivity contribution is -0.137. The normalized spacial score (nSPS) is 15.8. The molecule has 0 bridgehead atoms. The first kappa shape index (κ1) is 28.8. The number of morpholine rings is 1. The third-order valence-electron chi connectivity index (χ3n) is 5.66. The SMILES string of the molecule is C=C(/C=C\C=C(/C)OC(=O)N1CCOc2ccc(-c3cccc(C(F)(F)F)c3)nc21)N1CCOCC1.CC. The molecule has 0 spiro atoms. The van der Waals surface area contributed by atoms with Gasteiger partial charge in [-0.3, -0.25) is 4.90 Å². The van der Waals surface area contributed by atoms with Crippen LogP contribution in [0.1, 0.15) is 26.3 Å². The van der Waals surface area contributed by atoms with Gasteiger partial charge in [0.1, 0.15) is 12.4 Å². The minimum atomic E-state index is -4.48. The molecular weight excluding hydrogens is 499 g/mol. The first-order valence-corrected chi connectivity index (χ1v) is 12.4. The average molecular weight is 532 g/mol. The van der Waals surface area contributed by atoms with Crippen LogP contribution in [0.15, 0.2) is 72.7 Å². The summed E-state index contributed by atoms with van der Waals surface area (Å²) in [7, 11) is 0. The number of hydrogen-bond donors (Lipinski definition) is 0. The van der Waals surface area contributed by atoms with Crippen LogP contribution in [-0.4, -0.2) is 55.4 Å². The van der Waals surface area contributed by atoms with Crippen molar-refractivity contribution in [3.63, 3.8) is 0 Å². The molecule has 0 saturated carbocycles. The summed E-state index contributed by atoms with van der Waals surface area (Å²) in [5.41, 5.74) is 0.604. The van der Waals surface area contributed by atoms with E-state index >= 15 is 0 Å². The molecule has 0 atom stereocenters. The van der Waals surface area contributed by atoms with E-state index in [1.807, 2.05) is 19.9 Å². The van der Waals surface area contributed by atoms with Crippen LogP contribution in [-0.2, 0) is 15.7 Å². The van der Waals surface area contributed by atoms with Crippen LogP contribution in [0.5, 0.6) is 5.75 Å². The molecule has 1 fully saturated rings. The van der Waals surface area contributed by atoms with Crippen molar-refractivity contribution in [2.24, 2.45) is 0 Å². The molecule has 2 aliphatic rings. The number of amides is 1. The molecule has 2 aliphatic heterocycles. The predicted octanol–water partition coefficient (Wildman–Crippen LogP) is 6.43. The molecule has 3 heterocycles. The summed E-state index contributed by atoms with van der Waals surface area (Å²) in [5, 5.41) is 0. The monoisotopic (exact) mass is 531 g/mol. The summed E-state index contributed by atoms with van der Waals surface area (Å²) in [6, 6.07) is 8.00. The van der Waals surface area contributed by atoms with E-state index in [0.29, 0.717) is 24.7 Å². The highest BCUT2D eigenvalue weighted by atomic mass is 19.4. The van der Waals surface area contributed by atoms with Gasteiger partial charge in [0.05, 0.1) is 31.0 Å². The second-order valence-electron chi connectivity index (χ2n) is 8.19. The molecule has 2 aromatic rings. The largest absolute Gasteiger partial charge is 0.488 e. The Bertz CT molecular complexity index is 1190. The van der Waals surface area contributed by atoms with Gasteiger partial charge in [-0.15, -0.1) is 0 Å². The van der Waals surface area contributed by atoms with E-state index in [1.165, 1.54) is 17.0 Å². The number of fused-ring (bicyclic) bond motifs is 1. The third-order valence-corrected chi connectivity index (χ3v) is 5.66. The molecule has 7 nitrogen and oxygen atoms in total. The lowest BCUT2D eigenvalue weighted by Crippen LogP contribution is -2.38. The second-order valence-corrected chi connectivity index (χ2v) is 8.19. The summed E-state index contributed by atoms with van der Waals surface area (Å²) in [5.74, 6) is 0.885. The Balaban J connectivity index is 0.00000195. The summed E-state index contributed by atoms with van der Waals surface area (Å²) in [4.78, 5) is 20.7. The van der Waals surface area contributed by atoms with Gasteiger partial charge in [0.25, 0.3) is 0 Å². The molecule has 1 aromatic carbocycles. The molecule has 204 valence electrons. The maximum atomic E-state index is 13.1. The van der Waals surface area contributed by atoms with Gasteiger partial charge in [0, 0.05) is 24.4 Å². The number of carbonyl (C=O) groups is 1. The maximum Gasteiger partial charge on any atom is 0.420 e. The van der Waals surface area contributed by atoms with Crippen LogP contribution >= 0.6 is 0 Å². The molecule has 1 saturated heterocycles. The van der Waals surface area contributed by atoms with Crippen LogP contribution in [0.3, 0.4) is 0 Å². The Morgan fingerprint density at radius 3 is 2.55 bits per heavy atom. The molecule has 1 amide bonds. The standard InChI is InChI=1S/C26H26F3N3O4.C2H6/c1-18(31-11-14-34-15-12-31)5-3-6-19(2)36-25(33)32-13-16-35-23-10-9-22(30-24(23)32)20-7-4-8-21(17-20)26(27,28)29;1-2/h3-10,17H,1,11-16H2,2H3;1-2H3/b5-3-,19-6+;. The Labute approximate surface area is 220 Å². The van der Waals surface area contributed by atoms with E-state index < -0.39 is 17.8 Å². The van der Waals surface area contributed by atoms with Gasteiger partial charge in [0.15, 0.2) is 11.6 Å². The number of hydrogen-bond acceptors (Lipinski definition) is 6. The van der Waals surface area contributed by atoms with E-state index in [2.05, 4.69) is 16.5 Å². The van der Waals surface area contributed by atoms with E-state index in [0.717, 1.165) is 30.9 Å². The van der Waals surface area contributed by atoms with Gasteiger partial charge in [0.2, 0.25) is 0 Å². The molecule has 0 unspecified atom stereocenters. The molecule has 4 rings (SSSR count). The minimum absolute atomic E-state index is 0.182. The van der Waals surface area contributed by atoms with Crippen molar-refractivity contribution in [1.82, 2.24) is 9.88 Å². The smallest absolute Gasteiger partial charge is 0.420 e. The Hall–Kier alpha value is -3.79. The van der Waals surface area contributed by atoms with Crippen LogP contribution in [0.2, 0.25) is 0 Å². The Kier molecular flexibility index (Phi) is 9.95. The van der Waals surface area contributed by atoms with Gasteiger partial charge in [-0.05, 0) is 43.3 Å². The second kappa shape index (κ2) is 13.1. The molecule has 0 N–H and O–H groups in total. The number of pyridine rings is 1. The zero-order valence-corrected chi connectivity index (χ0v) is 21.8. The summed E-state index contributed by atoms with van der Waals surface area (Å²) >= 11 is 0. The average Bonchev–Trinajstić information content (AvgIpc) is 2.93. The van der Waals surface area contributed by atoms with Crippen LogP contribution < -0.4 is 9.64 Å². The number of nitrogens with zero attached hydrogens (tertiary/aromatic N) is 3. The predicted molar refractivity (Wildman–Crippen MR) is 140 cm³/mol. The van der Waals surface area contributed by atoms with Crippen molar-refractivity contribution in [1.29, 1.82) is 0 Å². The van der Waals surface area contributed by atoms with Crippen molar-refractivity contribution in [2.45, 2.75) is 26.9 Å². The molecule has 0 radical (unpaired) electrons. The molecule has 0 aliphatic carbocycles. The number of allylic oxidation sites excluding steroid dienone is 4. The van der Waals surface area contributed by atoms with Gasteiger partial charge in [-0.25, -0.2) is 9.78 Å². The van der Waals surface area contributed by atoms with Crippen molar-refractivity contribution in [3.8, 4) is 17.0 Å². The lowest BCUT2D eigenvalue weighted by atomic mass is 10.1. The van der Waals surface area contributed by atoms with Crippen LogP contribution in [0, 0.1) is 0 Å². The zero-order chi connectivity index (χ0) is 27.7. The number of halogens is 3. The highest BCUT2D eigenvalue weighted by molar-refractivity contribution is 5.89. The van der Waals surface area contributed by atoms with Gasteiger partial charge in [-0.1, -0.05) is 38.6 Å². The van der Waals surface area contributed by atoms with E-state index in [4.69, 9.17) is 14.2 Å². The third kappa shape index (κ3) is 7.38. The molecule has 38 heavy (non-hydrogen) atoms. The quantitative estimate of drug-likeness (QED) is 0.327. The van der Waals surface area contributed by atoms with Crippen molar-refractivity contribution < 1.29 is 32.2 Å². The number of aromatic nitrogens is 1. The van der Waals surface area contributed by atoms with Gasteiger partial charge >= 0.3 is 12.3 Å². The van der Waals surface area contributed by atoms with Crippen molar-refractivity contribution >= 4 is 11.9 Å². The maximum absolute atomic E-state index is 13.1. The van der Waals surface area contributed by atoms with E-state index in [9.17, 15) is 18.0 Å². The summed E-state index contributed by atoms with van der Waals surface area (Å²) in [6.45, 7) is 13.0. The minimum Gasteiger partial charge on any atom is -0.488 e. The highest BCUT2D eigenvalue weighted by Gasteiger charge is 2.31. The Morgan fingerprint density at radius 1 is 1.11 bits per heavy atom. The fraction of sp³-hybridized carbons (Fsp3) is 0.357. The van der Waals surface area contributed by atoms with Gasteiger partial charge in [-0.2, -0.15) is 13.2 Å². The first-order valence-electron chi connectivity index (χ1n) is 12.4. The Morgan fingerprint density at radius 2 is 1.84 bits per heavy atom. The first-order chi connectivity index (χ1) is 18.2. The summed E-state index contributed by atoms with van der Waals surface area (Å²) < 4.78 is 55.8. The van der Waals surface area contributed by atoms with Crippen LogP contribution in [0.25, 0.3) is 11.3 Å². The topological polar surface area (TPSA) is 64.1 Å². The summed E-state index contributed by atoms with van der Waals surface area (Å²) in [6.07, 6.45) is 0.0862. The van der Waals surface area contributed by atoms with Gasteiger partial charge < -0.3 is 19.1 Å². The number of alkyl halides is 3. The lowest BCUT2D eigenvalue weighted by Gasteiger charge is -2.29.